The van der Waals surface area contributed by atoms with Gasteiger partial charge in [0.15, 0.2) is 0 Å². The predicted octanol–water partition coefficient (Wildman–Crippen LogP) is 4.93. The molecule has 0 unspecified atom stereocenters. The molecule has 1 N–H and O–H groups in total. The molecule has 2 aromatic rings. The van der Waals surface area contributed by atoms with Crippen molar-refractivity contribution >= 4 is 5.91 Å². The van der Waals surface area contributed by atoms with Crippen molar-refractivity contribution in [3.63, 3.8) is 0 Å². The molecule has 24 heavy (non-hydrogen) atoms. The second-order valence-corrected chi connectivity index (χ2v) is 7.25. The fourth-order valence-corrected chi connectivity index (χ4v) is 2.62. The number of hydrogen-bond donors (Lipinski definition) is 1. The molecule has 0 fully saturated rings. The van der Waals surface area contributed by atoms with Crippen LogP contribution in [0.15, 0.2) is 48.5 Å². The minimum Gasteiger partial charge on any atom is -0.350 e. The van der Waals surface area contributed by atoms with E-state index in [0.717, 1.165) is 5.56 Å². The van der Waals surface area contributed by atoms with Crippen molar-refractivity contribution in [1.82, 2.24) is 5.32 Å². The third-order valence-electron chi connectivity index (χ3n) is 4.23. The number of hydrogen-bond acceptors (Lipinski definition) is 1. The van der Waals surface area contributed by atoms with Gasteiger partial charge in [0.1, 0.15) is 5.82 Å². The Balaban J connectivity index is 1.90. The van der Waals surface area contributed by atoms with E-state index in [1.54, 1.807) is 18.2 Å². The van der Waals surface area contributed by atoms with Gasteiger partial charge in [-0.2, -0.15) is 0 Å². The van der Waals surface area contributed by atoms with E-state index >= 15 is 0 Å². The summed E-state index contributed by atoms with van der Waals surface area (Å²) in [7, 11) is 0. The summed E-state index contributed by atoms with van der Waals surface area (Å²) in [5, 5.41) is 2.98. The van der Waals surface area contributed by atoms with E-state index in [0.29, 0.717) is 12.0 Å². The third-order valence-corrected chi connectivity index (χ3v) is 4.23. The molecule has 0 aromatic heterocycles. The first-order valence-electron chi connectivity index (χ1n) is 8.40. The first-order chi connectivity index (χ1) is 11.3. The Morgan fingerprint density at radius 3 is 2.29 bits per heavy atom. The largest absolute Gasteiger partial charge is 0.350 e. The van der Waals surface area contributed by atoms with E-state index in [-0.39, 0.29) is 29.6 Å². The molecule has 0 radical (unpaired) electrons. The van der Waals surface area contributed by atoms with Crippen LogP contribution in [0.2, 0.25) is 0 Å². The van der Waals surface area contributed by atoms with Crippen molar-refractivity contribution in [2.75, 3.05) is 0 Å². The molecule has 0 spiro atoms. The van der Waals surface area contributed by atoms with E-state index in [2.05, 4.69) is 50.4 Å². The molecule has 0 aliphatic rings. The molecule has 0 saturated heterocycles. The van der Waals surface area contributed by atoms with Gasteiger partial charge in [-0.1, -0.05) is 63.2 Å². The molecule has 2 rings (SSSR count). The number of benzene rings is 2. The van der Waals surface area contributed by atoms with Crippen LogP contribution in [0.5, 0.6) is 0 Å². The Labute approximate surface area is 144 Å². The van der Waals surface area contributed by atoms with E-state index in [1.165, 1.54) is 11.6 Å². The second kappa shape index (κ2) is 7.61. The fourth-order valence-electron chi connectivity index (χ4n) is 2.62. The molecule has 128 valence electrons. The normalized spacial score (nSPS) is 12.7. The second-order valence-electron chi connectivity index (χ2n) is 7.25. The first-order valence-corrected chi connectivity index (χ1v) is 8.40. The van der Waals surface area contributed by atoms with Crippen LogP contribution in [-0.4, -0.2) is 5.91 Å². The van der Waals surface area contributed by atoms with E-state index in [4.69, 9.17) is 0 Å². The maximum absolute atomic E-state index is 13.6. The molecule has 0 heterocycles. The number of carbonyl (C=O) groups is 1. The first kappa shape index (κ1) is 18.2. The summed E-state index contributed by atoms with van der Waals surface area (Å²) in [4.78, 5) is 12.1. The van der Waals surface area contributed by atoms with Gasteiger partial charge in [0.2, 0.25) is 5.91 Å². The van der Waals surface area contributed by atoms with Crippen LogP contribution in [0.1, 0.15) is 56.8 Å². The molecule has 0 saturated carbocycles. The number of halogens is 1. The van der Waals surface area contributed by atoms with Crippen molar-refractivity contribution in [3.05, 3.63) is 71.0 Å². The monoisotopic (exact) mass is 327 g/mol. The quantitative estimate of drug-likeness (QED) is 0.828. The average molecular weight is 327 g/mol. The van der Waals surface area contributed by atoms with Crippen molar-refractivity contribution in [3.8, 4) is 0 Å². The molecular formula is C21H26FNO. The van der Waals surface area contributed by atoms with E-state index in [1.807, 2.05) is 6.92 Å². The number of carbonyl (C=O) groups excluding carboxylic acids is 1. The molecule has 0 aliphatic carbocycles. The molecule has 3 heteroatoms. The maximum atomic E-state index is 13.6. The number of amides is 1. The van der Waals surface area contributed by atoms with Crippen molar-refractivity contribution in [1.29, 1.82) is 0 Å². The fraction of sp³-hybridized carbons (Fsp3) is 0.381. The van der Waals surface area contributed by atoms with Crippen LogP contribution >= 0.6 is 0 Å². The highest BCUT2D eigenvalue weighted by atomic mass is 19.1. The van der Waals surface area contributed by atoms with Crippen LogP contribution < -0.4 is 5.32 Å². The Kier molecular flexibility index (Phi) is 5.76. The van der Waals surface area contributed by atoms with Gasteiger partial charge in [0.25, 0.3) is 0 Å². The van der Waals surface area contributed by atoms with Gasteiger partial charge in [-0.15, -0.1) is 0 Å². The molecule has 0 bridgehead atoms. The summed E-state index contributed by atoms with van der Waals surface area (Å²) in [6.07, 6.45) is 0.694. The van der Waals surface area contributed by atoms with Crippen molar-refractivity contribution in [2.45, 2.75) is 52.0 Å². The van der Waals surface area contributed by atoms with E-state index < -0.39 is 0 Å². The van der Waals surface area contributed by atoms with Crippen molar-refractivity contribution in [2.24, 2.45) is 0 Å². The molecular weight excluding hydrogens is 301 g/mol. The minimum atomic E-state index is -0.254. The minimum absolute atomic E-state index is 0.0628. The lowest BCUT2D eigenvalue weighted by molar-refractivity contribution is -0.121. The smallest absolute Gasteiger partial charge is 0.220 e. The highest BCUT2D eigenvalue weighted by Gasteiger charge is 2.15. The molecule has 2 aromatic carbocycles. The summed E-state index contributed by atoms with van der Waals surface area (Å²) in [6, 6.07) is 14.9. The maximum Gasteiger partial charge on any atom is 0.220 e. The zero-order chi connectivity index (χ0) is 17.7. The summed E-state index contributed by atoms with van der Waals surface area (Å²) in [5.41, 5.74) is 3.03. The lowest BCUT2D eigenvalue weighted by Crippen LogP contribution is -2.27. The molecule has 0 aliphatic heterocycles. The van der Waals surface area contributed by atoms with E-state index in [9.17, 15) is 9.18 Å². The SMILES string of the molecule is C[C@H](NC(=O)CCc1ccccc1F)c1ccc(C(C)(C)C)cc1. The number of rotatable bonds is 5. The number of nitrogens with one attached hydrogen (secondary N) is 1. The van der Waals surface area contributed by atoms with Gasteiger partial charge in [-0.25, -0.2) is 4.39 Å². The Morgan fingerprint density at radius 2 is 1.71 bits per heavy atom. The summed E-state index contributed by atoms with van der Waals surface area (Å²) < 4.78 is 13.6. The lowest BCUT2D eigenvalue weighted by Gasteiger charge is -2.20. The molecule has 1 atom stereocenters. The lowest BCUT2D eigenvalue weighted by atomic mass is 9.86. The van der Waals surface area contributed by atoms with Gasteiger partial charge in [0, 0.05) is 6.42 Å². The zero-order valence-corrected chi connectivity index (χ0v) is 14.9. The topological polar surface area (TPSA) is 29.1 Å². The van der Waals surface area contributed by atoms with Crippen LogP contribution in [0.4, 0.5) is 4.39 Å². The van der Waals surface area contributed by atoms with Crippen molar-refractivity contribution < 1.29 is 9.18 Å². The third kappa shape index (κ3) is 4.92. The average Bonchev–Trinajstić information content (AvgIpc) is 2.53. The molecule has 2 nitrogen and oxygen atoms in total. The Bertz CT molecular complexity index is 686. The van der Waals surface area contributed by atoms with Gasteiger partial charge in [0.05, 0.1) is 6.04 Å². The van der Waals surface area contributed by atoms with Gasteiger partial charge in [-0.05, 0) is 41.5 Å². The van der Waals surface area contributed by atoms with Gasteiger partial charge in [-0.3, -0.25) is 4.79 Å². The standard InChI is InChI=1S/C21H26FNO/c1-15(16-9-12-18(13-10-16)21(2,3)4)23-20(24)14-11-17-7-5-6-8-19(17)22/h5-10,12-13,15H,11,14H2,1-4H3,(H,23,24)/t15-/m0/s1. The summed E-state index contributed by atoms with van der Waals surface area (Å²) in [6.45, 7) is 8.49. The Hall–Kier alpha value is -2.16. The predicted molar refractivity (Wildman–Crippen MR) is 96.4 cm³/mol. The highest BCUT2D eigenvalue weighted by Crippen LogP contribution is 2.24. The van der Waals surface area contributed by atoms with Gasteiger partial charge >= 0.3 is 0 Å². The van der Waals surface area contributed by atoms with Crippen LogP contribution in [0.3, 0.4) is 0 Å². The summed E-state index contributed by atoms with van der Waals surface area (Å²) >= 11 is 0. The Morgan fingerprint density at radius 1 is 1.08 bits per heavy atom. The molecule has 1 amide bonds. The zero-order valence-electron chi connectivity index (χ0n) is 14.9. The van der Waals surface area contributed by atoms with Crippen LogP contribution in [0.25, 0.3) is 0 Å². The highest BCUT2D eigenvalue weighted by molar-refractivity contribution is 5.76. The van der Waals surface area contributed by atoms with Crippen LogP contribution in [0, 0.1) is 5.82 Å². The van der Waals surface area contributed by atoms with Gasteiger partial charge < -0.3 is 5.32 Å². The summed E-state index contributed by atoms with van der Waals surface area (Å²) in [5.74, 6) is -0.318. The van der Waals surface area contributed by atoms with Crippen LogP contribution in [-0.2, 0) is 16.6 Å². The number of aryl methyl sites for hydroxylation is 1.